The lowest BCUT2D eigenvalue weighted by Gasteiger charge is -2.27. The van der Waals surface area contributed by atoms with Crippen molar-refractivity contribution < 1.29 is 19.1 Å². The predicted octanol–water partition coefficient (Wildman–Crippen LogP) is 4.13. The second-order valence-electron chi connectivity index (χ2n) is 5.45. The van der Waals surface area contributed by atoms with E-state index in [0.29, 0.717) is 19.4 Å². The van der Waals surface area contributed by atoms with Gasteiger partial charge in [-0.05, 0) is 19.3 Å². The number of carbonyl (C=O) groups excluding carboxylic acids is 2. The minimum atomic E-state index is -1.68. The van der Waals surface area contributed by atoms with Crippen LogP contribution in [-0.4, -0.2) is 34.6 Å². The van der Waals surface area contributed by atoms with Crippen LogP contribution in [0, 0.1) is 0 Å². The summed E-state index contributed by atoms with van der Waals surface area (Å²) in [4.78, 5) is 24.1. The number of ether oxygens (including phenoxy) is 2. The topological polar surface area (TPSA) is 64.6 Å². The average Bonchev–Trinajstić information content (AvgIpc) is 2.90. The lowest BCUT2D eigenvalue weighted by molar-refractivity contribution is -0.151. The van der Waals surface area contributed by atoms with E-state index in [2.05, 4.69) is 12.2 Å². The maximum Gasteiger partial charge on any atom is 0.408 e. The Bertz CT molecular complexity index is 379. The smallest absolute Gasteiger partial charge is 0.408 e. The van der Waals surface area contributed by atoms with Gasteiger partial charge < -0.3 is 14.8 Å². The summed E-state index contributed by atoms with van der Waals surface area (Å²) in [5.41, 5.74) is -1.02. The zero-order chi connectivity index (χ0) is 16.6. The molecule has 1 aliphatic rings. The third-order valence-corrected chi connectivity index (χ3v) is 3.86. The molecule has 128 valence electrons. The van der Waals surface area contributed by atoms with Crippen LogP contribution in [0.15, 0.2) is 0 Å². The Morgan fingerprint density at radius 3 is 2.32 bits per heavy atom. The molecule has 22 heavy (non-hydrogen) atoms. The van der Waals surface area contributed by atoms with E-state index < -0.39 is 21.4 Å². The first-order valence-corrected chi connectivity index (χ1v) is 8.61. The molecule has 0 atom stereocenters. The number of amides is 1. The number of carbonyl (C=O) groups is 2. The van der Waals surface area contributed by atoms with Crippen molar-refractivity contribution in [2.24, 2.45) is 0 Å². The highest BCUT2D eigenvalue weighted by molar-refractivity contribution is 6.67. The molecule has 0 radical (unpaired) electrons. The van der Waals surface area contributed by atoms with Crippen molar-refractivity contribution in [1.29, 1.82) is 0 Å². The summed E-state index contributed by atoms with van der Waals surface area (Å²) in [6, 6.07) is 0. The Hall–Kier alpha value is -0.390. The molecule has 0 aliphatic heterocycles. The van der Waals surface area contributed by atoms with E-state index in [-0.39, 0.29) is 6.61 Å². The lowest BCUT2D eigenvalue weighted by Crippen LogP contribution is -2.53. The molecule has 0 aromatic carbocycles. The monoisotopic (exact) mass is 373 g/mol. The number of nitrogens with one attached hydrogen (secondary N) is 1. The number of alkyl carbamates (subject to hydrolysis) is 1. The molecule has 8 heteroatoms. The molecule has 1 amide bonds. The molecule has 0 unspecified atom stereocenters. The molecule has 0 heterocycles. The van der Waals surface area contributed by atoms with Crippen molar-refractivity contribution >= 4 is 46.9 Å². The summed E-state index contributed by atoms with van der Waals surface area (Å²) < 4.78 is 8.44. The molecule has 1 N–H and O–H groups in total. The number of alkyl halides is 3. The maximum atomic E-state index is 12.3. The van der Waals surface area contributed by atoms with Crippen molar-refractivity contribution in [3.8, 4) is 0 Å². The van der Waals surface area contributed by atoms with E-state index in [4.69, 9.17) is 44.3 Å². The van der Waals surface area contributed by atoms with Gasteiger partial charge in [0, 0.05) is 0 Å². The first-order valence-electron chi connectivity index (χ1n) is 7.48. The lowest BCUT2D eigenvalue weighted by atomic mass is 9.98. The van der Waals surface area contributed by atoms with Crippen molar-refractivity contribution in [3.63, 3.8) is 0 Å². The van der Waals surface area contributed by atoms with Crippen molar-refractivity contribution in [2.75, 3.05) is 13.2 Å². The molecule has 1 fully saturated rings. The summed E-state index contributed by atoms with van der Waals surface area (Å²) in [5.74, 6) is -0.410. The predicted molar refractivity (Wildman–Crippen MR) is 86.5 cm³/mol. The Balaban J connectivity index is 2.52. The zero-order valence-electron chi connectivity index (χ0n) is 12.6. The largest absolute Gasteiger partial charge is 0.464 e. The summed E-state index contributed by atoms with van der Waals surface area (Å²) in [6.45, 7) is 2.05. The van der Waals surface area contributed by atoms with Crippen molar-refractivity contribution in [3.05, 3.63) is 0 Å². The van der Waals surface area contributed by atoms with Crippen LogP contribution in [0.1, 0.15) is 51.9 Å². The molecule has 0 aromatic heterocycles. The van der Waals surface area contributed by atoms with Gasteiger partial charge in [0.25, 0.3) is 0 Å². The van der Waals surface area contributed by atoms with Crippen LogP contribution < -0.4 is 5.32 Å². The van der Waals surface area contributed by atoms with E-state index in [1.807, 2.05) is 0 Å². The number of esters is 1. The van der Waals surface area contributed by atoms with Gasteiger partial charge in [-0.15, -0.1) is 0 Å². The van der Waals surface area contributed by atoms with Crippen LogP contribution in [0.5, 0.6) is 0 Å². The number of halogens is 3. The Labute approximate surface area is 145 Å². The van der Waals surface area contributed by atoms with Gasteiger partial charge in [-0.25, -0.2) is 9.59 Å². The van der Waals surface area contributed by atoms with Gasteiger partial charge in [0.2, 0.25) is 3.79 Å². The fraction of sp³-hybridized carbons (Fsp3) is 0.857. The van der Waals surface area contributed by atoms with Crippen molar-refractivity contribution in [2.45, 2.75) is 61.2 Å². The van der Waals surface area contributed by atoms with E-state index >= 15 is 0 Å². The van der Waals surface area contributed by atoms with E-state index in [0.717, 1.165) is 32.1 Å². The first-order chi connectivity index (χ1) is 10.3. The fourth-order valence-electron chi connectivity index (χ4n) is 2.39. The van der Waals surface area contributed by atoms with E-state index in [1.165, 1.54) is 0 Å². The van der Waals surface area contributed by atoms with E-state index in [9.17, 15) is 9.59 Å². The highest BCUT2D eigenvalue weighted by Crippen LogP contribution is 2.31. The van der Waals surface area contributed by atoms with Crippen molar-refractivity contribution in [1.82, 2.24) is 5.32 Å². The third-order valence-electron chi connectivity index (χ3n) is 3.54. The first kappa shape index (κ1) is 19.7. The van der Waals surface area contributed by atoms with Gasteiger partial charge in [0.1, 0.15) is 12.1 Å². The quantitative estimate of drug-likeness (QED) is 0.413. The summed E-state index contributed by atoms with van der Waals surface area (Å²) in [7, 11) is 0. The summed E-state index contributed by atoms with van der Waals surface area (Å²) in [5, 5.41) is 2.59. The van der Waals surface area contributed by atoms with Gasteiger partial charge in [0.05, 0.1) is 6.61 Å². The third kappa shape index (κ3) is 6.80. The number of unbranched alkanes of at least 4 members (excludes halogenated alkanes) is 2. The van der Waals surface area contributed by atoms with Crippen LogP contribution in [0.3, 0.4) is 0 Å². The SMILES string of the molecule is CCCCCOC(=O)C1(NC(=O)OCC(Cl)(Cl)Cl)CCCC1. The average molecular weight is 375 g/mol. The summed E-state index contributed by atoms with van der Waals surface area (Å²) in [6.07, 6.45) is 4.83. The Kier molecular flexibility index (Phi) is 8.08. The Morgan fingerprint density at radius 2 is 1.77 bits per heavy atom. The molecule has 0 bridgehead atoms. The molecular weight excluding hydrogens is 353 g/mol. The number of hydrogen-bond acceptors (Lipinski definition) is 4. The minimum Gasteiger partial charge on any atom is -0.464 e. The zero-order valence-corrected chi connectivity index (χ0v) is 14.9. The fourth-order valence-corrected chi connectivity index (χ4v) is 2.56. The minimum absolute atomic E-state index is 0.360. The van der Waals surface area contributed by atoms with Gasteiger partial charge in [-0.3, -0.25) is 0 Å². The second-order valence-corrected chi connectivity index (χ2v) is 7.96. The van der Waals surface area contributed by atoms with Gasteiger partial charge >= 0.3 is 12.1 Å². The molecule has 0 spiro atoms. The number of hydrogen-bond donors (Lipinski definition) is 1. The van der Waals surface area contributed by atoms with E-state index in [1.54, 1.807) is 0 Å². The number of rotatable bonds is 7. The van der Waals surface area contributed by atoms with Gasteiger partial charge in [0.15, 0.2) is 0 Å². The standard InChI is InChI=1S/C14H22Cl3NO4/c1-2-3-6-9-21-11(19)13(7-4-5-8-13)18-12(20)22-10-14(15,16)17/h2-10H2,1H3,(H,18,20). The molecule has 0 aromatic rings. The highest BCUT2D eigenvalue weighted by atomic mass is 35.6. The molecule has 1 saturated carbocycles. The second kappa shape index (κ2) is 9.04. The van der Waals surface area contributed by atoms with Gasteiger partial charge in [-0.2, -0.15) is 0 Å². The molecule has 1 aliphatic carbocycles. The summed E-state index contributed by atoms with van der Waals surface area (Å²) >= 11 is 16.6. The molecule has 0 saturated heterocycles. The van der Waals surface area contributed by atoms with Crippen LogP contribution >= 0.6 is 34.8 Å². The van der Waals surface area contributed by atoms with Crippen LogP contribution in [0.2, 0.25) is 0 Å². The molecule has 1 rings (SSSR count). The Morgan fingerprint density at radius 1 is 1.14 bits per heavy atom. The molecular formula is C14H22Cl3NO4. The van der Waals surface area contributed by atoms with Gasteiger partial charge in [-0.1, -0.05) is 67.4 Å². The van der Waals surface area contributed by atoms with Crippen LogP contribution in [0.4, 0.5) is 4.79 Å². The normalized spacial score (nSPS) is 17.1. The van der Waals surface area contributed by atoms with Crippen LogP contribution in [0.25, 0.3) is 0 Å². The molecule has 5 nitrogen and oxygen atoms in total. The maximum absolute atomic E-state index is 12.3. The highest BCUT2D eigenvalue weighted by Gasteiger charge is 2.44. The van der Waals surface area contributed by atoms with Crippen LogP contribution in [-0.2, 0) is 14.3 Å².